The summed E-state index contributed by atoms with van der Waals surface area (Å²) in [6.45, 7) is 2.97. The minimum atomic E-state index is -0.0563. The summed E-state index contributed by atoms with van der Waals surface area (Å²) in [6.07, 6.45) is 5.12. The third kappa shape index (κ3) is 4.37. The van der Waals surface area contributed by atoms with Crippen molar-refractivity contribution in [3.8, 4) is 5.69 Å². The molecule has 2 aromatic rings. The number of fused-ring (bicyclic) bond motifs is 1. The summed E-state index contributed by atoms with van der Waals surface area (Å²) in [7, 11) is 0. The van der Waals surface area contributed by atoms with Gasteiger partial charge in [-0.1, -0.05) is 30.3 Å². The van der Waals surface area contributed by atoms with Crippen molar-refractivity contribution in [2.24, 2.45) is 0 Å². The number of aryl methyl sites for hydroxylation is 1. The van der Waals surface area contributed by atoms with E-state index in [2.05, 4.69) is 6.92 Å². The summed E-state index contributed by atoms with van der Waals surface area (Å²) in [5.41, 5.74) is 1.52. The van der Waals surface area contributed by atoms with Crippen LogP contribution in [-0.4, -0.2) is 44.5 Å². The van der Waals surface area contributed by atoms with Gasteiger partial charge in [-0.2, -0.15) is 0 Å². The van der Waals surface area contributed by atoms with Crippen LogP contribution in [0.15, 0.2) is 39.1 Å². The van der Waals surface area contributed by atoms with Crippen molar-refractivity contribution in [3.63, 3.8) is 0 Å². The minimum Gasteiger partial charge on any atom is -0.339 e. The van der Waals surface area contributed by atoms with E-state index in [4.69, 9.17) is 16.6 Å². The van der Waals surface area contributed by atoms with E-state index < -0.39 is 0 Å². The number of piperidine rings is 1. The Bertz CT molecular complexity index is 962. The van der Waals surface area contributed by atoms with Crippen LogP contribution in [0, 0.1) is 0 Å². The molecule has 4 rings (SSSR count). The number of amides is 1. The van der Waals surface area contributed by atoms with E-state index >= 15 is 0 Å². The van der Waals surface area contributed by atoms with Crippen LogP contribution in [-0.2, 0) is 11.2 Å². The van der Waals surface area contributed by atoms with Gasteiger partial charge in [-0.25, -0.2) is 4.98 Å². The molecule has 0 aliphatic carbocycles. The second kappa shape index (κ2) is 9.14. The maximum atomic E-state index is 13.2. The Hall–Kier alpha value is -1.44. The van der Waals surface area contributed by atoms with Gasteiger partial charge in [0.15, 0.2) is 5.16 Å². The van der Waals surface area contributed by atoms with Gasteiger partial charge in [0, 0.05) is 29.8 Å². The Morgan fingerprint density at radius 1 is 1.31 bits per heavy atom. The van der Waals surface area contributed by atoms with Gasteiger partial charge >= 0.3 is 0 Å². The predicted octanol–water partition coefficient (Wildman–Crippen LogP) is 4.42. The Morgan fingerprint density at radius 3 is 2.86 bits per heavy atom. The first kappa shape index (κ1) is 20.8. The summed E-state index contributed by atoms with van der Waals surface area (Å²) < 4.78 is 1.62. The molecule has 154 valence electrons. The van der Waals surface area contributed by atoms with Crippen molar-refractivity contribution in [1.82, 2.24) is 14.5 Å². The Morgan fingerprint density at radius 2 is 2.10 bits per heavy atom. The zero-order valence-corrected chi connectivity index (χ0v) is 18.8. The van der Waals surface area contributed by atoms with Crippen LogP contribution in [0.5, 0.6) is 0 Å². The van der Waals surface area contributed by atoms with Crippen molar-refractivity contribution in [1.29, 1.82) is 0 Å². The molecule has 0 N–H and O–H groups in total. The lowest BCUT2D eigenvalue weighted by molar-refractivity contribution is -0.132. The largest absolute Gasteiger partial charge is 0.339 e. The molecule has 1 atom stereocenters. The molecule has 1 saturated heterocycles. The fourth-order valence-electron chi connectivity index (χ4n) is 3.97. The van der Waals surface area contributed by atoms with Gasteiger partial charge in [0.25, 0.3) is 5.56 Å². The van der Waals surface area contributed by atoms with Crippen molar-refractivity contribution in [2.75, 3.05) is 18.1 Å². The van der Waals surface area contributed by atoms with E-state index in [1.165, 1.54) is 18.2 Å². The number of benzene rings is 1. The molecule has 1 aromatic heterocycles. The Balaban J connectivity index is 1.63. The summed E-state index contributed by atoms with van der Waals surface area (Å²) in [5.74, 6) is 1.30. The highest BCUT2D eigenvalue weighted by Crippen LogP contribution is 2.30. The first-order chi connectivity index (χ1) is 14.1. The topological polar surface area (TPSA) is 55.2 Å². The zero-order chi connectivity index (χ0) is 20.4. The lowest BCUT2D eigenvalue weighted by Gasteiger charge is -2.35. The summed E-state index contributed by atoms with van der Waals surface area (Å²) in [5, 5.41) is 1.20. The average molecular weight is 450 g/mol. The number of carbonyl (C=O) groups is 1. The molecule has 8 heteroatoms. The minimum absolute atomic E-state index is 0.0563. The van der Waals surface area contributed by atoms with Crippen LogP contribution in [0.4, 0.5) is 0 Å². The van der Waals surface area contributed by atoms with Crippen LogP contribution in [0.1, 0.15) is 38.3 Å². The number of carbonyl (C=O) groups excluding carboxylic acids is 1. The second-order valence-corrected chi connectivity index (χ2v) is 9.80. The molecular formula is C21H24ClN3O2S2. The van der Waals surface area contributed by atoms with Gasteiger partial charge in [-0.3, -0.25) is 14.2 Å². The van der Waals surface area contributed by atoms with E-state index in [9.17, 15) is 9.59 Å². The van der Waals surface area contributed by atoms with E-state index in [0.717, 1.165) is 54.3 Å². The maximum absolute atomic E-state index is 13.2. The Kier molecular flexibility index (Phi) is 6.56. The van der Waals surface area contributed by atoms with Crippen molar-refractivity contribution < 1.29 is 4.79 Å². The first-order valence-corrected chi connectivity index (χ1v) is 12.4. The smallest absolute Gasteiger partial charge is 0.272 e. The molecule has 2 aliphatic rings. The van der Waals surface area contributed by atoms with Crippen LogP contribution < -0.4 is 5.56 Å². The molecule has 1 aromatic carbocycles. The van der Waals surface area contributed by atoms with Crippen LogP contribution in [0.25, 0.3) is 5.69 Å². The van der Waals surface area contributed by atoms with Gasteiger partial charge in [0.2, 0.25) is 5.91 Å². The molecule has 0 unspecified atom stereocenters. The SMILES string of the molecule is CC[C@H]1CCCCN1C(=O)CSc1nc2c(c(=O)n1-c1ccc(Cl)cc1)SCC2. The second-order valence-electron chi connectivity index (χ2n) is 7.32. The quantitative estimate of drug-likeness (QED) is 0.499. The monoisotopic (exact) mass is 449 g/mol. The zero-order valence-electron chi connectivity index (χ0n) is 16.4. The third-order valence-electron chi connectivity index (χ3n) is 5.49. The normalized spacial score (nSPS) is 18.7. The van der Waals surface area contributed by atoms with E-state index in [0.29, 0.717) is 22.0 Å². The van der Waals surface area contributed by atoms with Gasteiger partial charge in [0.1, 0.15) is 0 Å². The highest BCUT2D eigenvalue weighted by atomic mass is 35.5. The highest BCUT2D eigenvalue weighted by molar-refractivity contribution is 8.00. The van der Waals surface area contributed by atoms with Gasteiger partial charge in [-0.15, -0.1) is 11.8 Å². The molecule has 0 spiro atoms. The third-order valence-corrected chi connectivity index (χ3v) is 7.78. The standard InChI is InChI=1S/C21H24ClN3O2S2/c1-2-15-5-3-4-11-24(15)18(26)13-29-21-23-17-10-12-28-19(17)20(27)25(21)16-8-6-14(22)7-9-16/h6-9,15H,2-5,10-13H2,1H3/t15-/m0/s1. The number of hydrogen-bond donors (Lipinski definition) is 0. The van der Waals surface area contributed by atoms with E-state index in [-0.39, 0.29) is 11.5 Å². The van der Waals surface area contributed by atoms with E-state index in [1.807, 2.05) is 17.0 Å². The molecule has 3 heterocycles. The number of rotatable bonds is 5. The van der Waals surface area contributed by atoms with E-state index in [1.54, 1.807) is 28.5 Å². The molecule has 2 aliphatic heterocycles. The lowest BCUT2D eigenvalue weighted by atomic mass is 10.0. The average Bonchev–Trinajstić information content (AvgIpc) is 3.22. The highest BCUT2D eigenvalue weighted by Gasteiger charge is 2.27. The number of halogens is 1. The number of thioether (sulfide) groups is 2. The first-order valence-electron chi connectivity index (χ1n) is 10.1. The predicted molar refractivity (Wildman–Crippen MR) is 120 cm³/mol. The molecular weight excluding hydrogens is 426 g/mol. The maximum Gasteiger partial charge on any atom is 0.272 e. The van der Waals surface area contributed by atoms with Gasteiger partial charge in [0.05, 0.1) is 22.0 Å². The number of nitrogens with zero attached hydrogens (tertiary/aromatic N) is 3. The molecule has 0 bridgehead atoms. The summed E-state index contributed by atoms with van der Waals surface area (Å²) >= 11 is 8.94. The lowest BCUT2D eigenvalue weighted by Crippen LogP contribution is -2.44. The summed E-state index contributed by atoms with van der Waals surface area (Å²) in [6, 6.07) is 7.51. The fourth-order valence-corrected chi connectivity index (χ4v) is 6.03. The van der Waals surface area contributed by atoms with Crippen molar-refractivity contribution >= 4 is 41.0 Å². The number of aromatic nitrogens is 2. The van der Waals surface area contributed by atoms with Gasteiger partial charge < -0.3 is 4.90 Å². The molecule has 29 heavy (non-hydrogen) atoms. The molecule has 5 nitrogen and oxygen atoms in total. The molecule has 1 amide bonds. The Labute approximate surface area is 184 Å². The van der Waals surface area contributed by atoms with Gasteiger partial charge in [-0.05, 0) is 49.9 Å². The number of hydrogen-bond acceptors (Lipinski definition) is 5. The van der Waals surface area contributed by atoms with Crippen LogP contribution in [0.3, 0.4) is 0 Å². The van der Waals surface area contributed by atoms with Crippen molar-refractivity contribution in [2.45, 2.75) is 55.1 Å². The summed E-state index contributed by atoms with van der Waals surface area (Å²) in [4.78, 5) is 33.6. The van der Waals surface area contributed by atoms with Crippen LogP contribution in [0.2, 0.25) is 5.02 Å². The molecule has 0 saturated carbocycles. The number of likely N-dealkylation sites (tertiary alicyclic amines) is 1. The molecule has 0 radical (unpaired) electrons. The fraction of sp³-hybridized carbons (Fsp3) is 0.476. The van der Waals surface area contributed by atoms with Crippen molar-refractivity contribution in [3.05, 3.63) is 45.3 Å². The van der Waals surface area contributed by atoms with Crippen LogP contribution >= 0.6 is 35.1 Å². The molecule has 1 fully saturated rings.